The van der Waals surface area contributed by atoms with Crippen LogP contribution in [0.3, 0.4) is 0 Å². The molecule has 1 aliphatic carbocycles. The number of hydrogen-bond donors (Lipinski definition) is 1. The first-order chi connectivity index (χ1) is 14.6. The van der Waals surface area contributed by atoms with Crippen molar-refractivity contribution in [1.29, 1.82) is 0 Å². The summed E-state index contributed by atoms with van der Waals surface area (Å²) in [5.74, 6) is 1.22. The van der Waals surface area contributed by atoms with Crippen molar-refractivity contribution in [3.63, 3.8) is 0 Å². The van der Waals surface area contributed by atoms with Crippen LogP contribution in [-0.2, 0) is 11.2 Å². The van der Waals surface area contributed by atoms with E-state index in [1.807, 2.05) is 47.4 Å². The van der Waals surface area contributed by atoms with E-state index in [1.165, 1.54) is 0 Å². The second kappa shape index (κ2) is 8.78. The Balaban J connectivity index is 1.47. The summed E-state index contributed by atoms with van der Waals surface area (Å²) in [5, 5.41) is 3.05. The number of methoxy groups -OCH3 is 2. The molecule has 0 bridgehead atoms. The van der Waals surface area contributed by atoms with Crippen LogP contribution in [0.4, 0.5) is 0 Å². The lowest BCUT2D eigenvalue weighted by Crippen LogP contribution is -2.44. The number of fused-ring (bicyclic) bond motifs is 1. The number of nitrogens with one attached hydrogen (secondary N) is 1. The second-order valence-corrected chi connectivity index (χ2v) is 7.87. The smallest absolute Gasteiger partial charge is 0.255 e. The van der Waals surface area contributed by atoms with Gasteiger partial charge in [-0.2, -0.15) is 0 Å². The molecule has 0 unspecified atom stereocenters. The van der Waals surface area contributed by atoms with Gasteiger partial charge >= 0.3 is 0 Å². The third-order valence-electron chi connectivity index (χ3n) is 6.13. The lowest BCUT2D eigenvalue weighted by atomic mass is 10.0. The van der Waals surface area contributed by atoms with Gasteiger partial charge in [0.1, 0.15) is 6.04 Å². The van der Waals surface area contributed by atoms with E-state index >= 15 is 0 Å². The normalized spacial score (nSPS) is 18.4. The van der Waals surface area contributed by atoms with Gasteiger partial charge < -0.3 is 19.7 Å². The molecule has 158 valence electrons. The van der Waals surface area contributed by atoms with Gasteiger partial charge in [0.2, 0.25) is 5.91 Å². The van der Waals surface area contributed by atoms with Gasteiger partial charge in [-0.1, -0.05) is 37.1 Å². The topological polar surface area (TPSA) is 67.9 Å². The van der Waals surface area contributed by atoms with Crippen LogP contribution in [0, 0.1) is 0 Å². The SMILES string of the molecule is COc1ccc(CCNC(=O)[C@H]2c3ccccc3C(=O)N2C2CCCC2)cc1OC. The van der Waals surface area contributed by atoms with Gasteiger partial charge in [0, 0.05) is 18.2 Å². The van der Waals surface area contributed by atoms with Gasteiger partial charge in [0.15, 0.2) is 11.5 Å². The molecule has 1 heterocycles. The fourth-order valence-electron chi connectivity index (χ4n) is 4.63. The fourth-order valence-corrected chi connectivity index (χ4v) is 4.63. The van der Waals surface area contributed by atoms with Crippen molar-refractivity contribution in [2.45, 2.75) is 44.2 Å². The Morgan fingerprint density at radius 2 is 1.80 bits per heavy atom. The molecular formula is C24H28N2O4. The van der Waals surface area contributed by atoms with Crippen LogP contribution in [0.25, 0.3) is 0 Å². The highest BCUT2D eigenvalue weighted by atomic mass is 16.5. The van der Waals surface area contributed by atoms with E-state index in [2.05, 4.69) is 5.32 Å². The standard InChI is InChI=1S/C24H28N2O4/c1-29-20-12-11-16(15-21(20)30-2)13-14-25-23(27)22-18-9-5-6-10-19(18)24(28)26(22)17-7-3-4-8-17/h5-6,9-12,15,17,22H,3-4,7-8,13-14H2,1-2H3,(H,25,27)/t22-/m1/s1. The highest BCUT2D eigenvalue weighted by Crippen LogP contribution is 2.39. The van der Waals surface area contributed by atoms with Crippen LogP contribution in [-0.4, -0.2) is 43.5 Å². The zero-order valence-corrected chi connectivity index (χ0v) is 17.5. The number of nitrogens with zero attached hydrogens (tertiary/aromatic N) is 1. The van der Waals surface area contributed by atoms with Crippen molar-refractivity contribution < 1.29 is 19.1 Å². The molecule has 1 fully saturated rings. The van der Waals surface area contributed by atoms with Gasteiger partial charge in [-0.3, -0.25) is 9.59 Å². The van der Waals surface area contributed by atoms with Crippen molar-refractivity contribution in [3.05, 3.63) is 59.2 Å². The molecular weight excluding hydrogens is 380 g/mol. The maximum atomic E-state index is 13.2. The minimum Gasteiger partial charge on any atom is -0.493 e. The van der Waals surface area contributed by atoms with Crippen LogP contribution in [0.15, 0.2) is 42.5 Å². The number of amides is 2. The predicted molar refractivity (Wildman–Crippen MR) is 114 cm³/mol. The quantitative estimate of drug-likeness (QED) is 0.761. The van der Waals surface area contributed by atoms with E-state index in [4.69, 9.17) is 9.47 Å². The van der Waals surface area contributed by atoms with Crippen LogP contribution in [0.1, 0.15) is 53.2 Å². The van der Waals surface area contributed by atoms with Gasteiger partial charge in [-0.25, -0.2) is 0 Å². The lowest BCUT2D eigenvalue weighted by molar-refractivity contribution is -0.126. The Morgan fingerprint density at radius 3 is 2.53 bits per heavy atom. The summed E-state index contributed by atoms with van der Waals surface area (Å²) in [6.07, 6.45) is 4.82. The van der Waals surface area contributed by atoms with Crippen molar-refractivity contribution >= 4 is 11.8 Å². The summed E-state index contributed by atoms with van der Waals surface area (Å²) >= 11 is 0. The van der Waals surface area contributed by atoms with Gasteiger partial charge in [0.05, 0.1) is 14.2 Å². The van der Waals surface area contributed by atoms with E-state index in [-0.39, 0.29) is 17.9 Å². The molecule has 0 saturated heterocycles. The van der Waals surface area contributed by atoms with Crippen molar-refractivity contribution in [2.75, 3.05) is 20.8 Å². The van der Waals surface area contributed by atoms with Gasteiger partial charge in [0.25, 0.3) is 5.91 Å². The molecule has 6 heteroatoms. The molecule has 4 rings (SSSR count). The fraction of sp³-hybridized carbons (Fsp3) is 0.417. The molecule has 0 aromatic heterocycles. The molecule has 30 heavy (non-hydrogen) atoms. The highest BCUT2D eigenvalue weighted by molar-refractivity contribution is 6.04. The van der Waals surface area contributed by atoms with Crippen molar-refractivity contribution in [1.82, 2.24) is 10.2 Å². The summed E-state index contributed by atoms with van der Waals surface area (Å²) in [6, 6.07) is 12.8. The third kappa shape index (κ3) is 3.74. The van der Waals surface area contributed by atoms with Crippen LogP contribution in [0.2, 0.25) is 0 Å². The average molecular weight is 408 g/mol. The van der Waals surface area contributed by atoms with E-state index in [0.717, 1.165) is 36.8 Å². The van der Waals surface area contributed by atoms with Crippen LogP contribution < -0.4 is 14.8 Å². The summed E-state index contributed by atoms with van der Waals surface area (Å²) in [5.41, 5.74) is 2.52. The third-order valence-corrected chi connectivity index (χ3v) is 6.13. The first-order valence-electron chi connectivity index (χ1n) is 10.5. The maximum absolute atomic E-state index is 13.2. The van der Waals surface area contributed by atoms with E-state index < -0.39 is 6.04 Å². The molecule has 2 aliphatic rings. The molecule has 2 aromatic carbocycles. The second-order valence-electron chi connectivity index (χ2n) is 7.87. The zero-order valence-electron chi connectivity index (χ0n) is 17.5. The molecule has 0 spiro atoms. The van der Waals surface area contributed by atoms with Crippen LogP contribution >= 0.6 is 0 Å². The molecule has 1 N–H and O–H groups in total. The first kappa shape index (κ1) is 20.3. The summed E-state index contributed by atoms with van der Waals surface area (Å²) in [4.78, 5) is 28.1. The van der Waals surface area contributed by atoms with Crippen molar-refractivity contribution in [3.8, 4) is 11.5 Å². The first-order valence-corrected chi connectivity index (χ1v) is 10.5. The minimum atomic E-state index is -0.540. The minimum absolute atomic E-state index is 0.0162. The summed E-state index contributed by atoms with van der Waals surface area (Å²) in [7, 11) is 3.21. The average Bonchev–Trinajstić information content (AvgIpc) is 3.40. The molecule has 1 aliphatic heterocycles. The molecule has 2 amide bonds. The van der Waals surface area contributed by atoms with Crippen LogP contribution in [0.5, 0.6) is 11.5 Å². The number of rotatable bonds is 7. The van der Waals surface area contributed by atoms with E-state index in [9.17, 15) is 9.59 Å². The zero-order chi connectivity index (χ0) is 21.1. The molecule has 2 aromatic rings. The van der Waals surface area contributed by atoms with Gasteiger partial charge in [-0.15, -0.1) is 0 Å². The number of carbonyl (C=O) groups excluding carboxylic acids is 2. The molecule has 1 atom stereocenters. The largest absolute Gasteiger partial charge is 0.493 e. The molecule has 1 saturated carbocycles. The lowest BCUT2D eigenvalue weighted by Gasteiger charge is -2.30. The number of carbonyl (C=O) groups is 2. The monoisotopic (exact) mass is 408 g/mol. The Hall–Kier alpha value is -3.02. The maximum Gasteiger partial charge on any atom is 0.255 e. The number of hydrogen-bond acceptors (Lipinski definition) is 4. The predicted octanol–water partition coefficient (Wildman–Crippen LogP) is 3.50. The Labute approximate surface area is 177 Å². The Morgan fingerprint density at radius 1 is 1.07 bits per heavy atom. The number of benzene rings is 2. The molecule has 6 nitrogen and oxygen atoms in total. The highest BCUT2D eigenvalue weighted by Gasteiger charge is 2.44. The molecule has 0 radical (unpaired) electrons. The summed E-state index contributed by atoms with van der Waals surface area (Å²) < 4.78 is 10.6. The summed E-state index contributed by atoms with van der Waals surface area (Å²) in [6.45, 7) is 0.486. The van der Waals surface area contributed by atoms with Crippen molar-refractivity contribution in [2.24, 2.45) is 0 Å². The van der Waals surface area contributed by atoms with Gasteiger partial charge in [-0.05, 0) is 48.6 Å². The number of ether oxygens (including phenoxy) is 2. The Bertz CT molecular complexity index is 937. The Kier molecular flexibility index (Phi) is 5.93. The van der Waals surface area contributed by atoms with E-state index in [1.54, 1.807) is 14.2 Å². The van der Waals surface area contributed by atoms with E-state index in [0.29, 0.717) is 30.0 Å².